The first-order chi connectivity index (χ1) is 12.9. The number of fused-ring (bicyclic) bond motifs is 1. The molecule has 2 aromatic rings. The zero-order valence-corrected chi connectivity index (χ0v) is 15.0. The van der Waals surface area contributed by atoms with E-state index in [1.165, 1.54) is 0 Å². The lowest BCUT2D eigenvalue weighted by Crippen LogP contribution is -2.57. The van der Waals surface area contributed by atoms with Crippen LogP contribution in [0.2, 0.25) is 0 Å². The number of para-hydroxylation sites is 1. The predicted molar refractivity (Wildman–Crippen MR) is 95.9 cm³/mol. The van der Waals surface area contributed by atoms with Crippen molar-refractivity contribution in [3.8, 4) is 0 Å². The van der Waals surface area contributed by atoms with Crippen LogP contribution in [0.25, 0.3) is 11.0 Å². The molecule has 27 heavy (non-hydrogen) atoms. The summed E-state index contributed by atoms with van der Waals surface area (Å²) in [5.74, 6) is -1.96. The predicted octanol–water partition coefficient (Wildman–Crippen LogP) is 1.17. The van der Waals surface area contributed by atoms with Gasteiger partial charge in [0.2, 0.25) is 5.91 Å². The largest absolute Gasteiger partial charge is 0.481 e. The van der Waals surface area contributed by atoms with Crippen LogP contribution in [0.1, 0.15) is 29.6 Å². The van der Waals surface area contributed by atoms with Crippen molar-refractivity contribution >= 4 is 28.8 Å². The molecule has 0 radical (unpaired) electrons. The van der Waals surface area contributed by atoms with Crippen LogP contribution < -0.4 is 0 Å². The molecule has 2 aliphatic rings. The van der Waals surface area contributed by atoms with Gasteiger partial charge in [-0.1, -0.05) is 6.07 Å². The van der Waals surface area contributed by atoms with Crippen molar-refractivity contribution in [3.63, 3.8) is 0 Å². The molecule has 1 unspecified atom stereocenters. The third-order valence-electron chi connectivity index (χ3n) is 6.01. The number of aliphatic carboxylic acids is 1. The molecule has 140 valence electrons. The van der Waals surface area contributed by atoms with Crippen molar-refractivity contribution in [3.05, 3.63) is 36.2 Å². The number of nitrogens with zero attached hydrogens (tertiary/aromatic N) is 4. The summed E-state index contributed by atoms with van der Waals surface area (Å²) in [6.07, 6.45) is 4.07. The number of likely N-dealkylation sites (tertiary alicyclic amines) is 2. The Kier molecular flexibility index (Phi) is 4.05. The molecule has 1 atom stereocenters. The second-order valence-electron chi connectivity index (χ2n) is 7.17. The molecule has 2 amide bonds. The van der Waals surface area contributed by atoms with Gasteiger partial charge < -0.3 is 14.9 Å². The first kappa shape index (κ1) is 17.4. The molecule has 1 aromatic heterocycles. The second kappa shape index (κ2) is 6.29. The molecule has 1 N–H and O–H groups in total. The smallest absolute Gasteiger partial charge is 0.309 e. The number of benzene rings is 1. The van der Waals surface area contributed by atoms with Gasteiger partial charge in [-0.05, 0) is 25.0 Å². The van der Waals surface area contributed by atoms with Gasteiger partial charge in [-0.2, -0.15) is 0 Å². The lowest BCUT2D eigenvalue weighted by molar-refractivity contribution is -0.145. The summed E-state index contributed by atoms with van der Waals surface area (Å²) in [6, 6.07) is 5.31. The molecule has 8 heteroatoms. The van der Waals surface area contributed by atoms with E-state index in [2.05, 4.69) is 9.97 Å². The van der Waals surface area contributed by atoms with E-state index in [1.54, 1.807) is 47.4 Å². The minimum atomic E-state index is -0.947. The number of amides is 2. The zero-order valence-electron chi connectivity index (χ0n) is 15.0. The van der Waals surface area contributed by atoms with E-state index in [4.69, 9.17) is 0 Å². The molecule has 4 rings (SSSR count). The molecule has 2 fully saturated rings. The van der Waals surface area contributed by atoms with Crippen LogP contribution in [0.15, 0.2) is 30.6 Å². The number of carboxylic acid groups (broad SMARTS) is 1. The number of hydrogen-bond donors (Lipinski definition) is 1. The lowest BCUT2D eigenvalue weighted by atomic mass is 9.77. The van der Waals surface area contributed by atoms with E-state index in [0.717, 1.165) is 0 Å². The van der Waals surface area contributed by atoms with Gasteiger partial charge in [0, 0.05) is 39.0 Å². The summed E-state index contributed by atoms with van der Waals surface area (Å²) in [6.45, 7) is 0.799. The fourth-order valence-corrected chi connectivity index (χ4v) is 4.42. The Morgan fingerprint density at radius 1 is 1.19 bits per heavy atom. The molecule has 0 saturated carbocycles. The van der Waals surface area contributed by atoms with Gasteiger partial charge in [-0.25, -0.2) is 0 Å². The first-order valence-corrected chi connectivity index (χ1v) is 8.92. The van der Waals surface area contributed by atoms with Crippen LogP contribution in [-0.2, 0) is 9.59 Å². The Labute approximate surface area is 155 Å². The topological polar surface area (TPSA) is 104 Å². The molecule has 0 bridgehead atoms. The normalized spacial score (nSPS) is 21.8. The average Bonchev–Trinajstić information content (AvgIpc) is 2.93. The van der Waals surface area contributed by atoms with Gasteiger partial charge in [0.05, 0.1) is 22.5 Å². The number of aromatic nitrogens is 2. The number of carbonyl (C=O) groups is 3. The van der Waals surface area contributed by atoms with Gasteiger partial charge in [-0.3, -0.25) is 24.4 Å². The maximum Gasteiger partial charge on any atom is 0.309 e. The maximum atomic E-state index is 13.0. The highest BCUT2D eigenvalue weighted by Crippen LogP contribution is 2.43. The van der Waals surface area contributed by atoms with Crippen molar-refractivity contribution in [2.75, 3.05) is 20.1 Å². The summed E-state index contributed by atoms with van der Waals surface area (Å²) in [5.41, 5.74) is 0.992. The third-order valence-corrected chi connectivity index (χ3v) is 6.01. The number of carbonyl (C=O) groups excluding carboxylic acids is 2. The number of rotatable bonds is 2. The van der Waals surface area contributed by atoms with Crippen LogP contribution >= 0.6 is 0 Å². The van der Waals surface area contributed by atoms with Gasteiger partial charge >= 0.3 is 5.97 Å². The van der Waals surface area contributed by atoms with E-state index in [0.29, 0.717) is 42.5 Å². The van der Waals surface area contributed by atoms with Crippen LogP contribution in [0.4, 0.5) is 0 Å². The minimum absolute atomic E-state index is 0.0265. The van der Waals surface area contributed by atoms with E-state index in [1.807, 2.05) is 0 Å². The average molecular weight is 368 g/mol. The number of carboxylic acids is 1. The Bertz CT molecular complexity index is 931. The van der Waals surface area contributed by atoms with E-state index in [-0.39, 0.29) is 18.2 Å². The van der Waals surface area contributed by atoms with Crippen molar-refractivity contribution < 1.29 is 19.5 Å². The summed E-state index contributed by atoms with van der Waals surface area (Å²) in [7, 11) is 1.67. The van der Waals surface area contributed by atoms with Crippen molar-refractivity contribution in [2.24, 2.45) is 5.92 Å². The molecule has 0 aliphatic carbocycles. The molecule has 8 nitrogen and oxygen atoms in total. The third kappa shape index (κ3) is 2.63. The Hall–Kier alpha value is -3.03. The fourth-order valence-electron chi connectivity index (χ4n) is 4.42. The second-order valence-corrected chi connectivity index (χ2v) is 7.17. The number of hydrogen-bond acceptors (Lipinski definition) is 5. The van der Waals surface area contributed by atoms with Gasteiger partial charge in [-0.15, -0.1) is 0 Å². The van der Waals surface area contributed by atoms with Gasteiger partial charge in [0.25, 0.3) is 5.91 Å². The van der Waals surface area contributed by atoms with Crippen molar-refractivity contribution in [1.29, 1.82) is 0 Å². The Balaban J connectivity index is 1.58. The maximum absolute atomic E-state index is 13.0. The van der Waals surface area contributed by atoms with Gasteiger partial charge in [0.1, 0.15) is 5.52 Å². The quantitative estimate of drug-likeness (QED) is 0.853. The van der Waals surface area contributed by atoms with E-state index < -0.39 is 17.4 Å². The summed E-state index contributed by atoms with van der Waals surface area (Å²) in [4.78, 5) is 48.6. The number of piperidine rings is 1. The van der Waals surface area contributed by atoms with Crippen LogP contribution in [0, 0.1) is 5.92 Å². The van der Waals surface area contributed by atoms with Crippen LogP contribution in [0.3, 0.4) is 0 Å². The van der Waals surface area contributed by atoms with E-state index in [9.17, 15) is 19.5 Å². The summed E-state index contributed by atoms with van der Waals surface area (Å²) in [5, 5.41) is 9.56. The molecule has 1 aromatic carbocycles. The highest BCUT2D eigenvalue weighted by Gasteiger charge is 2.55. The van der Waals surface area contributed by atoms with E-state index >= 15 is 0 Å². The Morgan fingerprint density at radius 2 is 1.89 bits per heavy atom. The standard InChI is InChI=1S/C19H20N4O4/c1-22-15(24)11-13(18(26)27)19(22)5-9-23(10-6-19)17(25)12-3-2-4-14-16(12)21-8-7-20-14/h2-4,7-8,13H,5-6,9-11H2,1H3,(H,26,27). The van der Waals surface area contributed by atoms with Crippen LogP contribution in [0.5, 0.6) is 0 Å². The molecule has 2 aliphatic heterocycles. The van der Waals surface area contributed by atoms with Gasteiger partial charge in [0.15, 0.2) is 0 Å². The lowest BCUT2D eigenvalue weighted by Gasteiger charge is -2.45. The molecule has 3 heterocycles. The molecule has 1 spiro atoms. The summed E-state index contributed by atoms with van der Waals surface area (Å²) >= 11 is 0. The Morgan fingerprint density at radius 3 is 2.59 bits per heavy atom. The van der Waals surface area contributed by atoms with Crippen molar-refractivity contribution in [1.82, 2.24) is 19.8 Å². The zero-order chi connectivity index (χ0) is 19.2. The first-order valence-electron chi connectivity index (χ1n) is 8.92. The highest BCUT2D eigenvalue weighted by molar-refractivity contribution is 6.04. The van der Waals surface area contributed by atoms with Crippen LogP contribution in [-0.4, -0.2) is 68.3 Å². The molecule has 2 saturated heterocycles. The fraction of sp³-hybridized carbons (Fsp3) is 0.421. The van der Waals surface area contributed by atoms with Crippen molar-refractivity contribution in [2.45, 2.75) is 24.8 Å². The molecular formula is C19H20N4O4. The summed E-state index contributed by atoms with van der Waals surface area (Å²) < 4.78 is 0. The minimum Gasteiger partial charge on any atom is -0.481 e. The molecular weight excluding hydrogens is 348 g/mol. The highest BCUT2D eigenvalue weighted by atomic mass is 16.4. The SMILES string of the molecule is CN1C(=O)CC(C(=O)O)C12CCN(C(=O)c1cccc3nccnc13)CC2. The monoisotopic (exact) mass is 368 g/mol.